The minimum absolute atomic E-state index is 0.114. The standard InChI is InChI=1S/C17H25FN2/c1-5-19-14(4)15-11-16(18)13(3)10-17(15)20-8-6-12(2)7-9-20/h6,10-11,14,19H,5,7-9H2,1-4H3. The highest BCUT2D eigenvalue weighted by Crippen LogP contribution is 2.31. The van der Waals surface area contributed by atoms with Crippen molar-refractivity contribution in [2.24, 2.45) is 0 Å². The summed E-state index contributed by atoms with van der Waals surface area (Å²) in [6.07, 6.45) is 3.36. The second-order valence-corrected chi connectivity index (χ2v) is 5.69. The van der Waals surface area contributed by atoms with E-state index in [-0.39, 0.29) is 11.9 Å². The average molecular weight is 276 g/mol. The van der Waals surface area contributed by atoms with E-state index in [2.05, 4.69) is 37.1 Å². The molecule has 1 unspecified atom stereocenters. The van der Waals surface area contributed by atoms with Crippen LogP contribution in [-0.4, -0.2) is 19.6 Å². The molecule has 1 aromatic rings. The van der Waals surface area contributed by atoms with Crippen molar-refractivity contribution in [2.75, 3.05) is 24.5 Å². The van der Waals surface area contributed by atoms with Crippen LogP contribution in [0.15, 0.2) is 23.8 Å². The number of hydrogen-bond acceptors (Lipinski definition) is 2. The predicted molar refractivity (Wildman–Crippen MR) is 83.8 cm³/mol. The highest BCUT2D eigenvalue weighted by Gasteiger charge is 2.19. The van der Waals surface area contributed by atoms with Crippen molar-refractivity contribution < 1.29 is 4.39 Å². The van der Waals surface area contributed by atoms with Gasteiger partial charge in [0, 0.05) is 24.8 Å². The number of nitrogens with one attached hydrogen (secondary N) is 1. The van der Waals surface area contributed by atoms with Crippen LogP contribution in [0.3, 0.4) is 0 Å². The molecule has 0 aromatic heterocycles. The highest BCUT2D eigenvalue weighted by molar-refractivity contribution is 5.58. The third-order valence-corrected chi connectivity index (χ3v) is 4.06. The molecule has 0 fully saturated rings. The third-order valence-electron chi connectivity index (χ3n) is 4.06. The lowest BCUT2D eigenvalue weighted by Crippen LogP contribution is -2.30. The van der Waals surface area contributed by atoms with Gasteiger partial charge in [-0.25, -0.2) is 4.39 Å². The molecule has 2 nitrogen and oxygen atoms in total. The number of nitrogens with zero attached hydrogens (tertiary/aromatic N) is 1. The summed E-state index contributed by atoms with van der Waals surface area (Å²) in [7, 11) is 0. The summed E-state index contributed by atoms with van der Waals surface area (Å²) < 4.78 is 13.9. The van der Waals surface area contributed by atoms with Gasteiger partial charge in [0.25, 0.3) is 0 Å². The third kappa shape index (κ3) is 3.21. The SMILES string of the molecule is CCNC(C)c1cc(F)c(C)cc1N1CC=C(C)CC1. The number of hydrogen-bond donors (Lipinski definition) is 1. The van der Waals surface area contributed by atoms with Crippen molar-refractivity contribution in [3.8, 4) is 0 Å². The number of halogens is 1. The molecule has 1 aliphatic rings. The minimum atomic E-state index is -0.114. The summed E-state index contributed by atoms with van der Waals surface area (Å²) in [4.78, 5) is 2.35. The molecule has 0 spiro atoms. The lowest BCUT2D eigenvalue weighted by molar-refractivity contribution is 0.577. The Bertz CT molecular complexity index is 508. The Morgan fingerprint density at radius 3 is 2.70 bits per heavy atom. The highest BCUT2D eigenvalue weighted by atomic mass is 19.1. The normalized spacial score (nSPS) is 17.1. The van der Waals surface area contributed by atoms with Crippen molar-refractivity contribution in [3.63, 3.8) is 0 Å². The van der Waals surface area contributed by atoms with Crippen LogP contribution in [0.1, 0.15) is 44.4 Å². The topological polar surface area (TPSA) is 15.3 Å². The largest absolute Gasteiger partial charge is 0.367 e. The molecule has 1 aliphatic heterocycles. The molecule has 0 aliphatic carbocycles. The monoisotopic (exact) mass is 276 g/mol. The zero-order valence-electron chi connectivity index (χ0n) is 13.0. The van der Waals surface area contributed by atoms with Gasteiger partial charge in [-0.1, -0.05) is 18.6 Å². The molecule has 0 saturated carbocycles. The molecule has 0 amide bonds. The van der Waals surface area contributed by atoms with E-state index in [1.54, 1.807) is 6.07 Å². The maximum absolute atomic E-state index is 13.9. The number of aryl methyl sites for hydroxylation is 1. The van der Waals surface area contributed by atoms with E-state index in [9.17, 15) is 4.39 Å². The van der Waals surface area contributed by atoms with Gasteiger partial charge in [0.1, 0.15) is 5.82 Å². The predicted octanol–water partition coefficient (Wildman–Crippen LogP) is 3.96. The zero-order valence-corrected chi connectivity index (χ0v) is 13.0. The lowest BCUT2D eigenvalue weighted by Gasteiger charge is -2.31. The van der Waals surface area contributed by atoms with Crippen LogP contribution in [0.4, 0.5) is 10.1 Å². The average Bonchev–Trinajstić information content (AvgIpc) is 2.42. The van der Waals surface area contributed by atoms with Gasteiger partial charge in [-0.05, 0) is 57.0 Å². The van der Waals surface area contributed by atoms with Crippen molar-refractivity contribution in [1.29, 1.82) is 0 Å². The smallest absolute Gasteiger partial charge is 0.126 e. The maximum Gasteiger partial charge on any atom is 0.126 e. The Balaban J connectivity index is 2.37. The summed E-state index contributed by atoms with van der Waals surface area (Å²) in [5.41, 5.74) is 4.39. The van der Waals surface area contributed by atoms with Crippen molar-refractivity contribution in [2.45, 2.75) is 40.2 Å². The fraction of sp³-hybridized carbons (Fsp3) is 0.529. The molecule has 110 valence electrons. The first kappa shape index (κ1) is 15.0. The van der Waals surface area contributed by atoms with Crippen LogP contribution in [0.25, 0.3) is 0 Å². The maximum atomic E-state index is 13.9. The van der Waals surface area contributed by atoms with Crippen LogP contribution in [-0.2, 0) is 0 Å². The molecule has 1 aromatic carbocycles. The molecule has 3 heteroatoms. The Hall–Kier alpha value is -1.35. The second kappa shape index (κ2) is 6.40. The molecular weight excluding hydrogens is 251 g/mol. The summed E-state index contributed by atoms with van der Waals surface area (Å²) in [5, 5.41) is 3.39. The van der Waals surface area contributed by atoms with Gasteiger partial charge in [-0.3, -0.25) is 0 Å². The van der Waals surface area contributed by atoms with Crippen LogP contribution < -0.4 is 10.2 Å². The van der Waals surface area contributed by atoms with Crippen LogP contribution in [0.2, 0.25) is 0 Å². The molecule has 0 radical (unpaired) electrons. The fourth-order valence-corrected chi connectivity index (χ4v) is 2.71. The number of anilines is 1. The summed E-state index contributed by atoms with van der Waals surface area (Å²) in [6.45, 7) is 11.0. The molecular formula is C17H25FN2. The molecule has 0 bridgehead atoms. The van der Waals surface area contributed by atoms with E-state index in [1.165, 1.54) is 11.3 Å². The zero-order chi connectivity index (χ0) is 14.7. The van der Waals surface area contributed by atoms with Crippen molar-refractivity contribution in [3.05, 3.63) is 40.7 Å². The number of benzene rings is 1. The van der Waals surface area contributed by atoms with Gasteiger partial charge in [-0.15, -0.1) is 0 Å². The van der Waals surface area contributed by atoms with Crippen molar-refractivity contribution in [1.82, 2.24) is 5.32 Å². The first-order valence-electron chi connectivity index (χ1n) is 7.47. The molecule has 1 heterocycles. The minimum Gasteiger partial charge on any atom is -0.367 e. The van der Waals surface area contributed by atoms with Crippen LogP contribution in [0, 0.1) is 12.7 Å². The van der Waals surface area contributed by atoms with Crippen LogP contribution in [0.5, 0.6) is 0 Å². The molecule has 20 heavy (non-hydrogen) atoms. The van der Waals surface area contributed by atoms with E-state index < -0.39 is 0 Å². The van der Waals surface area contributed by atoms with Gasteiger partial charge in [-0.2, -0.15) is 0 Å². The Morgan fingerprint density at radius 1 is 1.35 bits per heavy atom. The molecule has 1 N–H and O–H groups in total. The first-order valence-corrected chi connectivity index (χ1v) is 7.47. The molecule has 0 saturated heterocycles. The second-order valence-electron chi connectivity index (χ2n) is 5.69. The van der Waals surface area contributed by atoms with E-state index >= 15 is 0 Å². The van der Waals surface area contributed by atoms with Gasteiger partial charge >= 0.3 is 0 Å². The Morgan fingerprint density at radius 2 is 2.10 bits per heavy atom. The van der Waals surface area contributed by atoms with Crippen molar-refractivity contribution >= 4 is 5.69 Å². The Kier molecular flexibility index (Phi) is 4.81. The van der Waals surface area contributed by atoms with E-state index in [0.717, 1.165) is 37.2 Å². The van der Waals surface area contributed by atoms with Gasteiger partial charge in [0.05, 0.1) is 0 Å². The summed E-state index contributed by atoms with van der Waals surface area (Å²) >= 11 is 0. The van der Waals surface area contributed by atoms with E-state index in [1.807, 2.05) is 13.0 Å². The number of rotatable bonds is 4. The quantitative estimate of drug-likeness (QED) is 0.837. The van der Waals surface area contributed by atoms with Gasteiger partial charge in [0.15, 0.2) is 0 Å². The fourth-order valence-electron chi connectivity index (χ4n) is 2.71. The van der Waals surface area contributed by atoms with E-state index in [4.69, 9.17) is 0 Å². The summed E-state index contributed by atoms with van der Waals surface area (Å²) in [6, 6.07) is 3.85. The van der Waals surface area contributed by atoms with Crippen LogP contribution >= 0.6 is 0 Å². The molecule has 2 rings (SSSR count). The van der Waals surface area contributed by atoms with Gasteiger partial charge in [0.2, 0.25) is 0 Å². The molecule has 1 atom stereocenters. The Labute approximate surface area is 121 Å². The van der Waals surface area contributed by atoms with E-state index in [0.29, 0.717) is 0 Å². The van der Waals surface area contributed by atoms with Gasteiger partial charge < -0.3 is 10.2 Å². The summed E-state index contributed by atoms with van der Waals surface area (Å²) in [5.74, 6) is -0.114. The first-order chi connectivity index (χ1) is 9.52. The lowest BCUT2D eigenvalue weighted by atomic mass is 10.00.